The minimum Gasteiger partial charge on any atom is -0.228 e. The lowest BCUT2D eigenvalue weighted by molar-refractivity contribution is 0.794. The van der Waals surface area contributed by atoms with Crippen molar-refractivity contribution >= 4 is 32.3 Å². The van der Waals surface area contributed by atoms with Crippen LogP contribution in [0, 0.1) is 0 Å². The maximum Gasteiger partial charge on any atom is 0.160 e. The zero-order valence-electron chi connectivity index (χ0n) is 33.2. The maximum atomic E-state index is 5.53. The van der Waals surface area contributed by atoms with Gasteiger partial charge in [0.25, 0.3) is 0 Å². The van der Waals surface area contributed by atoms with Crippen LogP contribution in [0.1, 0.15) is 22.3 Å². The zero-order valence-corrected chi connectivity index (χ0v) is 33.2. The van der Waals surface area contributed by atoms with Crippen molar-refractivity contribution in [3.8, 4) is 67.3 Å². The minimum atomic E-state index is -0.453. The molecule has 11 aromatic rings. The largest absolute Gasteiger partial charge is 0.228 e. The quantitative estimate of drug-likeness (QED) is 0.132. The van der Waals surface area contributed by atoms with Crippen LogP contribution in [0.15, 0.2) is 218 Å². The van der Waals surface area contributed by atoms with E-state index in [0.717, 1.165) is 33.5 Å². The smallest absolute Gasteiger partial charge is 0.160 e. The third-order valence-corrected chi connectivity index (χ3v) is 13.3. The molecule has 61 heavy (non-hydrogen) atoms. The molecule has 282 valence electrons. The van der Waals surface area contributed by atoms with Gasteiger partial charge >= 0.3 is 0 Å². The molecule has 13 rings (SSSR count). The Bertz CT molecular complexity index is 3520. The van der Waals surface area contributed by atoms with Crippen molar-refractivity contribution in [3.05, 3.63) is 241 Å². The van der Waals surface area contributed by atoms with Gasteiger partial charge in [0.2, 0.25) is 0 Å². The lowest BCUT2D eigenvalue weighted by Crippen LogP contribution is -2.25. The van der Waals surface area contributed by atoms with Crippen LogP contribution in [0.5, 0.6) is 0 Å². The standard InChI is InChI=1S/C59H36N2/c1-3-18-38(19-4-1)55-46-26-9-10-27-47(46)57(56-41-22-8-7-17-37(41)31-34-48(55)56)54-36-53(60-58(61-54)39-20-5-2-6-21-39)40-32-33-45-44-25-13-16-30-51(44)59(52(45)35-40)49-28-14-11-23-42(49)43-24-12-15-29-50(43)59/h1-36H. The van der Waals surface area contributed by atoms with Gasteiger partial charge in [-0.2, -0.15) is 0 Å². The fraction of sp³-hybridized carbons (Fsp3) is 0.0169. The van der Waals surface area contributed by atoms with Gasteiger partial charge in [0.15, 0.2) is 5.82 Å². The Kier molecular flexibility index (Phi) is 7.26. The Labute approximate surface area is 354 Å². The second-order valence-corrected chi connectivity index (χ2v) is 16.3. The van der Waals surface area contributed by atoms with Crippen LogP contribution in [0.3, 0.4) is 0 Å². The Morgan fingerprint density at radius 3 is 1.46 bits per heavy atom. The van der Waals surface area contributed by atoms with Gasteiger partial charge in [-0.1, -0.05) is 206 Å². The zero-order chi connectivity index (χ0) is 40.1. The summed E-state index contributed by atoms with van der Waals surface area (Å²) >= 11 is 0. The van der Waals surface area contributed by atoms with Crippen LogP contribution in [0.2, 0.25) is 0 Å². The van der Waals surface area contributed by atoms with Crippen molar-refractivity contribution < 1.29 is 0 Å². The number of hydrogen-bond acceptors (Lipinski definition) is 2. The Hall–Kier alpha value is -7.94. The molecule has 1 spiro atoms. The van der Waals surface area contributed by atoms with Crippen LogP contribution in [-0.4, -0.2) is 9.97 Å². The van der Waals surface area contributed by atoms with E-state index in [-0.39, 0.29) is 0 Å². The Morgan fingerprint density at radius 1 is 0.295 bits per heavy atom. The average molecular weight is 773 g/mol. The van der Waals surface area contributed by atoms with Gasteiger partial charge in [0, 0.05) is 22.1 Å². The summed E-state index contributed by atoms with van der Waals surface area (Å²) in [5.41, 5.74) is 17.4. The van der Waals surface area contributed by atoms with Crippen molar-refractivity contribution in [2.45, 2.75) is 5.41 Å². The van der Waals surface area contributed by atoms with E-state index >= 15 is 0 Å². The van der Waals surface area contributed by atoms with Crippen molar-refractivity contribution in [2.75, 3.05) is 0 Å². The van der Waals surface area contributed by atoms with E-state index < -0.39 is 5.41 Å². The van der Waals surface area contributed by atoms with E-state index in [1.165, 1.54) is 82.6 Å². The number of benzene rings is 10. The molecule has 0 unspecified atom stereocenters. The van der Waals surface area contributed by atoms with E-state index in [4.69, 9.17) is 9.97 Å². The van der Waals surface area contributed by atoms with Gasteiger partial charge in [0.05, 0.1) is 16.8 Å². The fourth-order valence-corrected chi connectivity index (χ4v) is 10.8. The number of rotatable bonds is 4. The molecule has 1 aromatic heterocycles. The highest BCUT2D eigenvalue weighted by atomic mass is 14.9. The SMILES string of the molecule is c1ccc(-c2nc(-c3ccc4c(c3)C3(c5ccccc5-c5ccccc53)c3ccccc3-4)cc(-c3c4ccccc4c(-c4ccccc4)c4ccc5ccccc5c34)n2)cc1. The average Bonchev–Trinajstić information content (AvgIpc) is 3.80. The molecule has 0 bridgehead atoms. The topological polar surface area (TPSA) is 25.8 Å². The summed E-state index contributed by atoms with van der Waals surface area (Å²) in [6.07, 6.45) is 0. The minimum absolute atomic E-state index is 0.453. The first-order valence-electron chi connectivity index (χ1n) is 21.1. The summed E-state index contributed by atoms with van der Waals surface area (Å²) in [5, 5.41) is 7.16. The summed E-state index contributed by atoms with van der Waals surface area (Å²) in [6, 6.07) is 79.7. The first-order valence-corrected chi connectivity index (χ1v) is 21.1. The number of nitrogens with zero attached hydrogens (tertiary/aromatic N) is 2. The van der Waals surface area contributed by atoms with E-state index in [9.17, 15) is 0 Å². The highest BCUT2D eigenvalue weighted by molar-refractivity contribution is 6.27. The van der Waals surface area contributed by atoms with E-state index in [0.29, 0.717) is 5.82 Å². The molecule has 0 N–H and O–H groups in total. The molecule has 10 aromatic carbocycles. The summed E-state index contributed by atoms with van der Waals surface area (Å²) in [6.45, 7) is 0. The molecule has 2 nitrogen and oxygen atoms in total. The molecule has 2 aliphatic carbocycles. The highest BCUT2D eigenvalue weighted by Crippen LogP contribution is 2.63. The van der Waals surface area contributed by atoms with Gasteiger partial charge in [-0.05, 0) is 94.7 Å². The summed E-state index contributed by atoms with van der Waals surface area (Å²) in [5.74, 6) is 0.702. The van der Waals surface area contributed by atoms with Crippen LogP contribution >= 0.6 is 0 Å². The first kappa shape index (κ1) is 34.0. The Balaban J connectivity index is 1.13. The molecule has 2 heteroatoms. The molecule has 2 aliphatic rings. The van der Waals surface area contributed by atoms with Gasteiger partial charge < -0.3 is 0 Å². The van der Waals surface area contributed by atoms with Crippen molar-refractivity contribution in [2.24, 2.45) is 0 Å². The second kappa shape index (κ2) is 13.0. The van der Waals surface area contributed by atoms with Crippen LogP contribution in [0.25, 0.3) is 99.6 Å². The third kappa shape index (κ3) is 4.79. The van der Waals surface area contributed by atoms with Crippen molar-refractivity contribution in [1.82, 2.24) is 9.97 Å². The van der Waals surface area contributed by atoms with E-state index in [1.807, 2.05) is 0 Å². The predicted octanol–water partition coefficient (Wildman–Crippen LogP) is 14.9. The molecule has 0 saturated carbocycles. The Morgan fingerprint density at radius 2 is 0.803 bits per heavy atom. The van der Waals surface area contributed by atoms with Gasteiger partial charge in [-0.3, -0.25) is 0 Å². The monoisotopic (exact) mass is 772 g/mol. The summed E-state index contributed by atoms with van der Waals surface area (Å²) in [7, 11) is 0. The van der Waals surface area contributed by atoms with Crippen LogP contribution < -0.4 is 0 Å². The van der Waals surface area contributed by atoms with Gasteiger partial charge in [-0.25, -0.2) is 9.97 Å². The first-order chi connectivity index (χ1) is 30.3. The normalized spacial score (nSPS) is 13.0. The highest BCUT2D eigenvalue weighted by Gasteiger charge is 2.51. The van der Waals surface area contributed by atoms with Gasteiger partial charge in [-0.15, -0.1) is 0 Å². The number of aromatic nitrogens is 2. The molecule has 0 amide bonds. The molecule has 0 saturated heterocycles. The van der Waals surface area contributed by atoms with Crippen molar-refractivity contribution in [1.29, 1.82) is 0 Å². The van der Waals surface area contributed by atoms with Gasteiger partial charge in [0.1, 0.15) is 0 Å². The van der Waals surface area contributed by atoms with Crippen LogP contribution in [-0.2, 0) is 5.41 Å². The molecule has 0 fully saturated rings. The molecular weight excluding hydrogens is 737 g/mol. The van der Waals surface area contributed by atoms with E-state index in [1.54, 1.807) is 0 Å². The number of hydrogen-bond donors (Lipinski definition) is 0. The lowest BCUT2D eigenvalue weighted by atomic mass is 9.70. The number of fused-ring (bicyclic) bond motifs is 14. The second-order valence-electron chi connectivity index (χ2n) is 16.3. The predicted molar refractivity (Wildman–Crippen MR) is 253 cm³/mol. The molecule has 1 heterocycles. The van der Waals surface area contributed by atoms with Crippen molar-refractivity contribution in [3.63, 3.8) is 0 Å². The van der Waals surface area contributed by atoms with E-state index in [2.05, 4.69) is 218 Å². The molecular formula is C59H36N2. The molecule has 0 atom stereocenters. The molecule has 0 aliphatic heterocycles. The van der Waals surface area contributed by atoms with Crippen LogP contribution in [0.4, 0.5) is 0 Å². The lowest BCUT2D eigenvalue weighted by Gasteiger charge is -2.30. The summed E-state index contributed by atoms with van der Waals surface area (Å²) < 4.78 is 0. The summed E-state index contributed by atoms with van der Waals surface area (Å²) in [4.78, 5) is 11.0. The molecule has 0 radical (unpaired) electrons. The fourth-order valence-electron chi connectivity index (χ4n) is 10.8. The maximum absolute atomic E-state index is 5.53. The third-order valence-electron chi connectivity index (χ3n) is 13.3.